The second kappa shape index (κ2) is 8.48. The van der Waals surface area contributed by atoms with Crippen molar-refractivity contribution in [1.29, 1.82) is 0 Å². The molecule has 0 bridgehead atoms. The first-order valence-electron chi connectivity index (χ1n) is 8.94. The van der Waals surface area contributed by atoms with Crippen molar-refractivity contribution in [3.8, 4) is 0 Å². The lowest BCUT2D eigenvalue weighted by molar-refractivity contribution is -0.186. The van der Waals surface area contributed by atoms with Gasteiger partial charge in [-0.3, -0.25) is 9.59 Å². The topological polar surface area (TPSA) is 110 Å². The van der Waals surface area contributed by atoms with E-state index in [-0.39, 0.29) is 41.1 Å². The Hall–Kier alpha value is -2.63. The lowest BCUT2D eigenvalue weighted by atomic mass is 9.98. The predicted octanol–water partition coefficient (Wildman–Crippen LogP) is 2.62. The highest BCUT2D eigenvalue weighted by molar-refractivity contribution is 7.89. The van der Waals surface area contributed by atoms with Gasteiger partial charge in [0.25, 0.3) is 0 Å². The van der Waals surface area contributed by atoms with Crippen molar-refractivity contribution in [1.82, 2.24) is 4.90 Å². The number of halogens is 4. The first-order valence-corrected chi connectivity index (χ1v) is 10.9. The highest BCUT2D eigenvalue weighted by atomic mass is 35.5. The van der Waals surface area contributed by atoms with Crippen LogP contribution in [0.25, 0.3) is 0 Å². The largest absolute Gasteiger partial charge is 0.471 e. The average Bonchev–Trinajstić information content (AvgIpc) is 2.66. The molecule has 2 amide bonds. The fourth-order valence-corrected chi connectivity index (χ4v) is 4.43. The molecule has 1 aliphatic rings. The third-order valence-corrected chi connectivity index (χ3v) is 6.07. The zero-order chi connectivity index (χ0) is 23.0. The number of rotatable bonds is 4. The maximum Gasteiger partial charge on any atom is 0.471 e. The number of carbonyl (C=O) groups excluding carboxylic acids is 2. The summed E-state index contributed by atoms with van der Waals surface area (Å²) < 4.78 is 62.5. The van der Waals surface area contributed by atoms with E-state index in [1.807, 2.05) is 0 Å². The molecule has 0 aliphatic carbocycles. The minimum atomic E-state index is -5.05. The van der Waals surface area contributed by atoms with Gasteiger partial charge in [-0.15, -0.1) is 0 Å². The lowest BCUT2D eigenvalue weighted by Crippen LogP contribution is -2.44. The van der Waals surface area contributed by atoms with Gasteiger partial charge in [-0.1, -0.05) is 29.8 Å². The van der Waals surface area contributed by atoms with Crippen molar-refractivity contribution in [2.45, 2.75) is 30.5 Å². The number of nitrogens with two attached hydrogens (primary N) is 1. The highest BCUT2D eigenvalue weighted by Crippen LogP contribution is 2.31. The number of nitrogens with one attached hydrogen (secondary N) is 1. The smallest absolute Gasteiger partial charge is 0.330 e. The van der Waals surface area contributed by atoms with Crippen molar-refractivity contribution in [2.75, 3.05) is 11.9 Å². The van der Waals surface area contributed by atoms with E-state index in [0.717, 1.165) is 6.07 Å². The van der Waals surface area contributed by atoms with Crippen molar-refractivity contribution < 1.29 is 31.2 Å². The Morgan fingerprint density at radius 3 is 2.48 bits per heavy atom. The molecule has 1 aliphatic heterocycles. The van der Waals surface area contributed by atoms with Crippen LogP contribution < -0.4 is 10.5 Å². The number of carbonyl (C=O) groups is 2. The Kier molecular flexibility index (Phi) is 6.30. The summed E-state index contributed by atoms with van der Waals surface area (Å²) in [4.78, 5) is 24.3. The van der Waals surface area contributed by atoms with Crippen LogP contribution in [0.1, 0.15) is 16.7 Å². The zero-order valence-electron chi connectivity index (χ0n) is 15.9. The summed E-state index contributed by atoms with van der Waals surface area (Å²) >= 11 is 6.03. The minimum absolute atomic E-state index is 0.0288. The van der Waals surface area contributed by atoms with Gasteiger partial charge >= 0.3 is 12.1 Å². The maximum absolute atomic E-state index is 12.8. The maximum atomic E-state index is 12.8. The van der Waals surface area contributed by atoms with E-state index in [1.54, 1.807) is 24.3 Å². The van der Waals surface area contributed by atoms with Crippen LogP contribution in [0.5, 0.6) is 0 Å². The molecule has 2 aromatic carbocycles. The minimum Gasteiger partial charge on any atom is -0.330 e. The number of sulfonamides is 1. The van der Waals surface area contributed by atoms with Gasteiger partial charge in [0.05, 0.1) is 11.3 Å². The van der Waals surface area contributed by atoms with E-state index in [0.29, 0.717) is 15.5 Å². The first-order chi connectivity index (χ1) is 14.4. The van der Waals surface area contributed by atoms with Crippen LogP contribution in [0.4, 0.5) is 18.9 Å². The van der Waals surface area contributed by atoms with Gasteiger partial charge in [-0.2, -0.15) is 13.2 Å². The molecule has 31 heavy (non-hydrogen) atoms. The van der Waals surface area contributed by atoms with Crippen molar-refractivity contribution >= 4 is 39.1 Å². The number of fused-ring (bicyclic) bond motifs is 1. The standard InChI is InChI=1S/C19H17ClF3N3O4S/c20-15-4-2-1-3-11(15)8-17(27)25-13-7-12-10-26(18(28)19(21,22)23)6-5-14(12)16(9-13)31(24,29)30/h1-4,7,9H,5-6,8,10H2,(H,25,27)(H2,24,29,30). The number of alkyl halides is 3. The van der Waals surface area contributed by atoms with Gasteiger partial charge in [0.1, 0.15) is 0 Å². The highest BCUT2D eigenvalue weighted by Gasteiger charge is 2.43. The molecule has 3 N–H and O–H groups in total. The van der Waals surface area contributed by atoms with Crippen LogP contribution >= 0.6 is 11.6 Å². The second-order valence-electron chi connectivity index (χ2n) is 6.95. The number of benzene rings is 2. The summed E-state index contributed by atoms with van der Waals surface area (Å²) in [7, 11) is -4.23. The molecule has 1 heterocycles. The Bertz CT molecular complexity index is 1150. The van der Waals surface area contributed by atoms with Gasteiger partial charge in [0.2, 0.25) is 15.9 Å². The molecule has 0 saturated heterocycles. The molecular formula is C19H17ClF3N3O4S. The number of anilines is 1. The predicted molar refractivity (Wildman–Crippen MR) is 107 cm³/mol. The summed E-state index contributed by atoms with van der Waals surface area (Å²) in [6.45, 7) is -0.781. The summed E-state index contributed by atoms with van der Waals surface area (Å²) in [6, 6.07) is 9.13. The average molecular weight is 476 g/mol. The molecule has 0 unspecified atom stereocenters. The zero-order valence-corrected chi connectivity index (χ0v) is 17.4. The first kappa shape index (κ1) is 23.0. The van der Waals surface area contributed by atoms with E-state index in [4.69, 9.17) is 16.7 Å². The molecule has 2 aromatic rings. The molecule has 0 atom stereocenters. The van der Waals surface area contributed by atoms with Crippen LogP contribution in [0.2, 0.25) is 5.02 Å². The van der Waals surface area contributed by atoms with Crippen molar-refractivity contribution in [3.05, 3.63) is 58.1 Å². The Morgan fingerprint density at radius 1 is 1.19 bits per heavy atom. The monoisotopic (exact) mass is 475 g/mol. The third-order valence-electron chi connectivity index (χ3n) is 4.72. The molecule has 12 heteroatoms. The number of hydrogen-bond acceptors (Lipinski definition) is 4. The number of hydrogen-bond donors (Lipinski definition) is 2. The van der Waals surface area contributed by atoms with Crippen LogP contribution in [0, 0.1) is 0 Å². The molecule has 0 spiro atoms. The molecule has 0 radical (unpaired) electrons. The van der Waals surface area contributed by atoms with E-state index in [1.165, 1.54) is 6.07 Å². The van der Waals surface area contributed by atoms with Gasteiger partial charge in [0, 0.05) is 23.8 Å². The van der Waals surface area contributed by atoms with E-state index < -0.39 is 34.6 Å². The molecule has 0 fully saturated rings. The van der Waals surface area contributed by atoms with E-state index in [9.17, 15) is 31.2 Å². The number of primary sulfonamides is 1. The fourth-order valence-electron chi connectivity index (χ4n) is 3.36. The molecule has 166 valence electrons. The van der Waals surface area contributed by atoms with Gasteiger partial charge in [-0.25, -0.2) is 13.6 Å². The van der Waals surface area contributed by atoms with Crippen molar-refractivity contribution in [3.63, 3.8) is 0 Å². The lowest BCUT2D eigenvalue weighted by Gasteiger charge is -2.30. The Morgan fingerprint density at radius 2 is 1.87 bits per heavy atom. The molecule has 3 rings (SSSR count). The summed E-state index contributed by atoms with van der Waals surface area (Å²) in [5.74, 6) is -2.55. The Labute approximate surface area is 181 Å². The Balaban J connectivity index is 1.91. The quantitative estimate of drug-likeness (QED) is 0.708. The van der Waals surface area contributed by atoms with Gasteiger partial charge in [0.15, 0.2) is 0 Å². The van der Waals surface area contributed by atoms with Crippen LogP contribution in [0.15, 0.2) is 41.3 Å². The SMILES string of the molecule is NS(=O)(=O)c1cc(NC(=O)Cc2ccccc2Cl)cc2c1CCN(C(=O)C(F)(F)F)C2. The molecular weight excluding hydrogens is 459 g/mol. The fraction of sp³-hybridized carbons (Fsp3) is 0.263. The van der Waals surface area contributed by atoms with Gasteiger partial charge in [-0.05, 0) is 41.3 Å². The summed E-state index contributed by atoms with van der Waals surface area (Å²) in [5, 5.41) is 8.15. The molecule has 0 aromatic heterocycles. The van der Waals surface area contributed by atoms with Gasteiger partial charge < -0.3 is 10.2 Å². The number of nitrogens with zero attached hydrogens (tertiary/aromatic N) is 1. The third kappa shape index (κ3) is 5.35. The molecule has 7 nitrogen and oxygen atoms in total. The summed E-state index contributed by atoms with van der Waals surface area (Å²) in [5.41, 5.74) is 0.940. The van der Waals surface area contributed by atoms with Crippen LogP contribution in [0.3, 0.4) is 0 Å². The van der Waals surface area contributed by atoms with Crippen LogP contribution in [-0.2, 0) is 39.0 Å². The van der Waals surface area contributed by atoms with E-state index >= 15 is 0 Å². The van der Waals surface area contributed by atoms with Crippen LogP contribution in [-0.4, -0.2) is 37.9 Å². The summed E-state index contributed by atoms with van der Waals surface area (Å²) in [6.07, 6.45) is -5.29. The van der Waals surface area contributed by atoms with Crippen molar-refractivity contribution in [2.24, 2.45) is 5.14 Å². The molecule has 0 saturated carbocycles. The van der Waals surface area contributed by atoms with E-state index in [2.05, 4.69) is 5.32 Å². The second-order valence-corrected chi connectivity index (χ2v) is 8.88. The number of amides is 2. The normalized spacial score (nSPS) is 14.2.